The van der Waals surface area contributed by atoms with Gasteiger partial charge in [-0.3, -0.25) is 24.5 Å². The van der Waals surface area contributed by atoms with Crippen LogP contribution in [-0.2, 0) is 6.54 Å². The molecule has 0 bridgehead atoms. The Morgan fingerprint density at radius 2 is 2.10 bits per heavy atom. The summed E-state index contributed by atoms with van der Waals surface area (Å²) in [5, 5.41) is 10.8. The maximum atomic E-state index is 13.1. The summed E-state index contributed by atoms with van der Waals surface area (Å²) < 4.78 is 14.3. The van der Waals surface area contributed by atoms with Crippen LogP contribution < -0.4 is 11.2 Å². The highest BCUT2D eigenvalue weighted by molar-refractivity contribution is 9.10. The molecular weight excluding hydrogens is 337 g/mol. The number of nitrogens with one attached hydrogen (secondary N) is 1. The lowest BCUT2D eigenvalue weighted by molar-refractivity contribution is -0.385. The van der Waals surface area contributed by atoms with Crippen molar-refractivity contribution >= 4 is 21.6 Å². The molecule has 0 aliphatic rings. The number of halogens is 2. The predicted molar refractivity (Wildman–Crippen MR) is 71.2 cm³/mol. The maximum Gasteiger partial charge on any atom is 0.328 e. The average molecular weight is 344 g/mol. The summed E-state index contributed by atoms with van der Waals surface area (Å²) >= 11 is 3.07. The first-order chi connectivity index (χ1) is 9.40. The summed E-state index contributed by atoms with van der Waals surface area (Å²) in [7, 11) is 0. The molecular formula is C11H7BrFN3O4. The van der Waals surface area contributed by atoms with Crippen molar-refractivity contribution in [2.24, 2.45) is 0 Å². The Labute approximate surface area is 119 Å². The minimum absolute atomic E-state index is 0.116. The number of hydrogen-bond acceptors (Lipinski definition) is 4. The first-order valence-corrected chi connectivity index (χ1v) is 6.10. The Morgan fingerprint density at radius 1 is 1.40 bits per heavy atom. The molecule has 2 aromatic rings. The first kappa shape index (κ1) is 14.1. The molecule has 0 aliphatic carbocycles. The second-order valence-corrected chi connectivity index (χ2v) is 4.66. The monoisotopic (exact) mass is 343 g/mol. The lowest BCUT2D eigenvalue weighted by Crippen LogP contribution is -2.31. The van der Waals surface area contributed by atoms with Crippen LogP contribution in [0, 0.1) is 15.9 Å². The molecule has 2 rings (SSSR count). The van der Waals surface area contributed by atoms with Crippen molar-refractivity contribution in [2.45, 2.75) is 6.54 Å². The zero-order valence-electron chi connectivity index (χ0n) is 9.80. The van der Waals surface area contributed by atoms with Gasteiger partial charge in [-0.05, 0) is 21.5 Å². The zero-order valence-corrected chi connectivity index (χ0v) is 11.4. The highest BCUT2D eigenvalue weighted by Crippen LogP contribution is 2.28. The third kappa shape index (κ3) is 2.67. The molecule has 9 heteroatoms. The molecule has 0 atom stereocenters. The minimum Gasteiger partial charge on any atom is -0.293 e. The van der Waals surface area contributed by atoms with Gasteiger partial charge < -0.3 is 0 Å². The fraction of sp³-hybridized carbons (Fsp3) is 0.0909. The third-order valence-electron chi connectivity index (χ3n) is 2.56. The standard InChI is InChI=1S/C11H7BrFN3O4/c12-9-6(2-1-3-8(9)16(19)20)4-15-5-7(13)10(17)14-11(15)18/h1-3,5H,4H2,(H,14,17,18). The van der Waals surface area contributed by atoms with E-state index < -0.39 is 22.0 Å². The summed E-state index contributed by atoms with van der Waals surface area (Å²) in [5.41, 5.74) is -1.66. The number of nitro benzene ring substituents is 1. The lowest BCUT2D eigenvalue weighted by atomic mass is 10.2. The molecule has 0 spiro atoms. The van der Waals surface area contributed by atoms with Gasteiger partial charge in [0.1, 0.15) is 4.47 Å². The molecule has 0 saturated heterocycles. The molecule has 0 radical (unpaired) electrons. The van der Waals surface area contributed by atoms with E-state index in [2.05, 4.69) is 15.9 Å². The Morgan fingerprint density at radius 3 is 2.75 bits per heavy atom. The topological polar surface area (TPSA) is 98.0 Å². The van der Waals surface area contributed by atoms with E-state index in [1.165, 1.54) is 12.1 Å². The highest BCUT2D eigenvalue weighted by Gasteiger charge is 2.15. The van der Waals surface area contributed by atoms with Gasteiger partial charge in [-0.1, -0.05) is 12.1 Å². The molecule has 7 nitrogen and oxygen atoms in total. The molecule has 1 heterocycles. The van der Waals surface area contributed by atoms with E-state index in [4.69, 9.17) is 0 Å². The van der Waals surface area contributed by atoms with Gasteiger partial charge in [-0.15, -0.1) is 0 Å². The largest absolute Gasteiger partial charge is 0.328 e. The van der Waals surface area contributed by atoms with Crippen LogP contribution in [0.3, 0.4) is 0 Å². The van der Waals surface area contributed by atoms with Crippen molar-refractivity contribution in [1.29, 1.82) is 0 Å². The maximum absolute atomic E-state index is 13.1. The van der Waals surface area contributed by atoms with Crippen molar-refractivity contribution in [3.63, 3.8) is 0 Å². The van der Waals surface area contributed by atoms with E-state index in [1.54, 1.807) is 6.07 Å². The van der Waals surface area contributed by atoms with Crippen molar-refractivity contribution in [1.82, 2.24) is 9.55 Å². The molecule has 20 heavy (non-hydrogen) atoms. The van der Waals surface area contributed by atoms with E-state index >= 15 is 0 Å². The molecule has 1 aromatic carbocycles. The number of benzene rings is 1. The van der Waals surface area contributed by atoms with E-state index in [1.807, 2.05) is 4.98 Å². The average Bonchev–Trinajstić information content (AvgIpc) is 2.37. The van der Waals surface area contributed by atoms with Crippen LogP contribution in [0.2, 0.25) is 0 Å². The van der Waals surface area contributed by atoms with E-state index in [9.17, 15) is 24.1 Å². The van der Waals surface area contributed by atoms with E-state index in [0.717, 1.165) is 10.8 Å². The minimum atomic E-state index is -1.11. The number of aromatic nitrogens is 2. The van der Waals surface area contributed by atoms with Crippen LogP contribution >= 0.6 is 15.9 Å². The predicted octanol–water partition coefficient (Wildman–Crippen LogP) is 1.39. The molecule has 1 aromatic heterocycles. The molecule has 0 fully saturated rings. The van der Waals surface area contributed by atoms with Crippen LogP contribution in [-0.4, -0.2) is 14.5 Å². The number of aromatic amines is 1. The van der Waals surface area contributed by atoms with Gasteiger partial charge in [0.15, 0.2) is 0 Å². The summed E-state index contributed by atoms with van der Waals surface area (Å²) in [6.07, 6.45) is 0.756. The fourth-order valence-electron chi connectivity index (χ4n) is 1.61. The van der Waals surface area contributed by atoms with Gasteiger partial charge in [-0.2, -0.15) is 4.39 Å². The van der Waals surface area contributed by atoms with Crippen molar-refractivity contribution in [3.05, 3.63) is 71.2 Å². The SMILES string of the molecule is O=c1[nH]c(=O)n(Cc2cccc([N+](=O)[O-])c2Br)cc1F. The van der Waals surface area contributed by atoms with Crippen molar-refractivity contribution in [2.75, 3.05) is 0 Å². The summed E-state index contributed by atoms with van der Waals surface area (Å²) in [4.78, 5) is 34.5. The highest BCUT2D eigenvalue weighted by atomic mass is 79.9. The van der Waals surface area contributed by atoms with Crippen LogP contribution in [0.4, 0.5) is 10.1 Å². The Balaban J connectivity index is 2.48. The zero-order chi connectivity index (χ0) is 14.9. The van der Waals surface area contributed by atoms with Gasteiger partial charge in [-0.25, -0.2) is 4.79 Å². The molecule has 0 unspecified atom stereocenters. The van der Waals surface area contributed by atoms with Crippen molar-refractivity contribution in [3.8, 4) is 0 Å². The Bertz CT molecular complexity index is 799. The van der Waals surface area contributed by atoms with E-state index in [-0.39, 0.29) is 16.7 Å². The number of H-pyrrole nitrogens is 1. The van der Waals surface area contributed by atoms with Gasteiger partial charge in [0.05, 0.1) is 17.7 Å². The normalized spacial score (nSPS) is 10.5. The summed E-state index contributed by atoms with van der Waals surface area (Å²) in [6, 6.07) is 4.29. The van der Waals surface area contributed by atoms with Gasteiger partial charge in [0.25, 0.3) is 11.2 Å². The Kier molecular flexibility index (Phi) is 3.79. The molecule has 0 saturated carbocycles. The van der Waals surface area contributed by atoms with Crippen molar-refractivity contribution < 1.29 is 9.31 Å². The van der Waals surface area contributed by atoms with Crippen LogP contribution in [0.15, 0.2) is 38.5 Å². The van der Waals surface area contributed by atoms with Crippen LogP contribution in [0.1, 0.15) is 5.56 Å². The number of hydrogen-bond donors (Lipinski definition) is 1. The third-order valence-corrected chi connectivity index (χ3v) is 3.48. The smallest absolute Gasteiger partial charge is 0.293 e. The number of rotatable bonds is 3. The molecule has 1 N–H and O–H groups in total. The fourth-order valence-corrected chi connectivity index (χ4v) is 2.15. The molecule has 0 amide bonds. The van der Waals surface area contributed by atoms with Gasteiger partial charge in [0, 0.05) is 6.07 Å². The molecule has 0 aliphatic heterocycles. The van der Waals surface area contributed by atoms with Gasteiger partial charge in [0.2, 0.25) is 5.82 Å². The summed E-state index contributed by atoms with van der Waals surface area (Å²) in [5.74, 6) is -1.11. The number of nitro groups is 1. The van der Waals surface area contributed by atoms with Crippen LogP contribution in [0.5, 0.6) is 0 Å². The Hall–Kier alpha value is -2.29. The first-order valence-electron chi connectivity index (χ1n) is 5.31. The van der Waals surface area contributed by atoms with Crippen LogP contribution in [0.25, 0.3) is 0 Å². The summed E-state index contributed by atoms with van der Waals surface area (Å²) in [6.45, 7) is -0.116. The second-order valence-electron chi connectivity index (χ2n) is 3.87. The lowest BCUT2D eigenvalue weighted by Gasteiger charge is -2.07. The molecule has 104 valence electrons. The van der Waals surface area contributed by atoms with E-state index in [0.29, 0.717) is 5.56 Å². The second kappa shape index (κ2) is 5.37. The quantitative estimate of drug-likeness (QED) is 0.672. The number of nitrogens with zero attached hydrogens (tertiary/aromatic N) is 2. The van der Waals surface area contributed by atoms with Gasteiger partial charge >= 0.3 is 5.69 Å².